The number of anilines is 1. The average molecular weight is 595 g/mol. The Kier molecular flexibility index (Phi) is 7.30. The second-order valence-corrected chi connectivity index (χ2v) is 23.5. The molecule has 1 aliphatic rings. The van der Waals surface area contributed by atoms with Crippen LogP contribution in [0, 0.1) is 20.8 Å². The monoisotopic (exact) mass is 593 g/mol. The van der Waals surface area contributed by atoms with Gasteiger partial charge in [-0.2, -0.15) is 0 Å². The third-order valence-electron chi connectivity index (χ3n) is 6.48. The first-order valence-corrected chi connectivity index (χ1v) is 18.7. The molecular weight excluding hydrogens is 568 g/mol. The van der Waals surface area contributed by atoms with Crippen molar-refractivity contribution in [1.29, 1.82) is 0 Å². The molecule has 5 nitrogen and oxygen atoms in total. The molecule has 0 amide bonds. The molecule has 0 aliphatic carbocycles. The summed E-state index contributed by atoms with van der Waals surface area (Å²) in [5.41, 5.74) is -1.89. The van der Waals surface area contributed by atoms with Gasteiger partial charge >= 0.3 is 233 Å². The number of carbonyl (C=O) groups is 2. The van der Waals surface area contributed by atoms with E-state index in [1.807, 2.05) is 93.6 Å². The molecule has 4 rings (SSSR count). The molecule has 0 spiro atoms. The van der Waals surface area contributed by atoms with E-state index in [1.165, 1.54) is 14.2 Å². The van der Waals surface area contributed by atoms with Gasteiger partial charge in [0.05, 0.1) is 0 Å². The second-order valence-electron chi connectivity index (χ2n) is 8.94. The minimum absolute atomic E-state index is 0.0342. The van der Waals surface area contributed by atoms with Gasteiger partial charge in [0.15, 0.2) is 0 Å². The van der Waals surface area contributed by atoms with Crippen LogP contribution in [0.3, 0.4) is 0 Å². The number of hydrogen-bond donors (Lipinski definition) is 0. The molecule has 3 aromatic carbocycles. The van der Waals surface area contributed by atoms with Crippen molar-refractivity contribution >= 4 is 74.3 Å². The third kappa shape index (κ3) is 4.20. The third-order valence-corrected chi connectivity index (χ3v) is 19.2. The summed E-state index contributed by atoms with van der Waals surface area (Å²) in [7, 11) is -0.868. The molecule has 0 bridgehead atoms. The van der Waals surface area contributed by atoms with Gasteiger partial charge in [-0.25, -0.2) is 0 Å². The first-order valence-electron chi connectivity index (χ1n) is 11.5. The van der Waals surface area contributed by atoms with Crippen LogP contribution in [0.2, 0.25) is 0 Å². The van der Waals surface area contributed by atoms with E-state index in [2.05, 4.69) is 0 Å². The number of carbonyl (C=O) groups excluding carboxylic acids is 2. The molecular formula is C27H27Cl3NO4PSi. The molecule has 0 N–H and O–H groups in total. The Morgan fingerprint density at radius 1 is 0.757 bits per heavy atom. The molecule has 0 saturated carbocycles. The summed E-state index contributed by atoms with van der Waals surface area (Å²) < 4.78 is 12.3. The molecule has 0 aromatic heterocycles. The van der Waals surface area contributed by atoms with Gasteiger partial charge in [-0.1, -0.05) is 0 Å². The van der Waals surface area contributed by atoms with E-state index in [1.54, 1.807) is 4.34 Å². The average Bonchev–Trinajstić information content (AvgIpc) is 3.05. The number of ether oxygens (including phenoxy) is 2. The SMILES string of the molecule is COC(=O)C1=C(C(=O)OC)[Si-](Cl)(Cl)(Cl)N(c2c(C)cc(C)cc2C)[P+]1(c1ccccc1)c1ccccc1. The normalized spacial score (nSPS) is 18.6. The molecule has 0 unspecified atom stereocenters. The van der Waals surface area contributed by atoms with Gasteiger partial charge < -0.3 is 0 Å². The molecule has 37 heavy (non-hydrogen) atoms. The fraction of sp³-hybridized carbons (Fsp3) is 0.185. The van der Waals surface area contributed by atoms with Crippen molar-refractivity contribution in [2.45, 2.75) is 20.8 Å². The molecule has 10 heteroatoms. The number of halogens is 3. The first kappa shape index (κ1) is 27.7. The van der Waals surface area contributed by atoms with Crippen LogP contribution < -0.4 is 14.9 Å². The van der Waals surface area contributed by atoms with Crippen molar-refractivity contribution in [3.63, 3.8) is 0 Å². The van der Waals surface area contributed by atoms with Crippen LogP contribution >= 0.6 is 40.7 Å². The van der Waals surface area contributed by atoms with Gasteiger partial charge in [0, 0.05) is 0 Å². The number of aryl methyl sites for hydroxylation is 3. The first-order chi connectivity index (χ1) is 17.4. The zero-order valence-electron chi connectivity index (χ0n) is 21.1. The minimum atomic E-state index is -5.30. The van der Waals surface area contributed by atoms with Crippen molar-refractivity contribution in [3.05, 3.63) is 100.0 Å². The Hall–Kier alpha value is -2.34. The van der Waals surface area contributed by atoms with E-state index < -0.39 is 24.8 Å². The van der Waals surface area contributed by atoms with Gasteiger partial charge in [0.1, 0.15) is 0 Å². The predicted octanol–water partition coefficient (Wildman–Crippen LogP) is 6.26. The summed E-state index contributed by atoms with van der Waals surface area (Å²) in [4.78, 5) is 27.3. The Morgan fingerprint density at radius 2 is 1.19 bits per heavy atom. The summed E-state index contributed by atoms with van der Waals surface area (Å²) in [5.74, 6) is -1.61. The quantitative estimate of drug-likeness (QED) is 0.151. The number of nitrogens with zero attached hydrogens (tertiary/aromatic N) is 1. The molecule has 3 aromatic rings. The Bertz CT molecular complexity index is 1360. The van der Waals surface area contributed by atoms with Gasteiger partial charge in [0.2, 0.25) is 0 Å². The number of benzene rings is 3. The van der Waals surface area contributed by atoms with Crippen LogP contribution in [0.15, 0.2) is 83.3 Å². The number of methoxy groups -OCH3 is 2. The number of esters is 2. The second kappa shape index (κ2) is 9.76. The van der Waals surface area contributed by atoms with Crippen molar-refractivity contribution in [3.8, 4) is 0 Å². The Labute approximate surface area is 231 Å². The van der Waals surface area contributed by atoms with Crippen LogP contribution in [0.1, 0.15) is 16.7 Å². The molecule has 1 aliphatic heterocycles. The summed E-state index contributed by atoms with van der Waals surface area (Å²) in [6.45, 7) is 5.87. The molecule has 0 fully saturated rings. The Morgan fingerprint density at radius 3 is 1.59 bits per heavy atom. The van der Waals surface area contributed by atoms with Crippen LogP contribution in [-0.2, 0) is 19.1 Å². The summed E-state index contributed by atoms with van der Waals surface area (Å²) in [5, 5.41) is 1.27. The molecule has 0 atom stereocenters. The van der Waals surface area contributed by atoms with Gasteiger partial charge in [-0.15, -0.1) is 0 Å². The summed E-state index contributed by atoms with van der Waals surface area (Å²) >= 11 is 22.2. The van der Waals surface area contributed by atoms with Crippen LogP contribution in [0.5, 0.6) is 0 Å². The maximum absolute atomic E-state index is 13.8. The molecule has 194 valence electrons. The summed E-state index contributed by atoms with van der Waals surface area (Å²) in [6, 6.07) is 22.8. The zero-order chi connectivity index (χ0) is 27.2. The van der Waals surface area contributed by atoms with E-state index in [9.17, 15) is 9.59 Å². The van der Waals surface area contributed by atoms with Crippen LogP contribution in [0.4, 0.5) is 5.69 Å². The van der Waals surface area contributed by atoms with E-state index >= 15 is 0 Å². The van der Waals surface area contributed by atoms with Crippen LogP contribution in [0.25, 0.3) is 0 Å². The van der Waals surface area contributed by atoms with E-state index in [-0.39, 0.29) is 10.5 Å². The fourth-order valence-corrected chi connectivity index (χ4v) is 21.5. The zero-order valence-corrected chi connectivity index (χ0v) is 25.3. The topological polar surface area (TPSA) is 55.8 Å². The van der Waals surface area contributed by atoms with E-state index in [0.29, 0.717) is 5.69 Å². The Balaban J connectivity index is 2.36. The number of hydrogen-bond acceptors (Lipinski definition) is 5. The number of rotatable bonds is 5. The fourth-order valence-electron chi connectivity index (χ4n) is 5.26. The van der Waals surface area contributed by atoms with Crippen molar-refractivity contribution in [2.24, 2.45) is 0 Å². The summed E-state index contributed by atoms with van der Waals surface area (Å²) in [6.07, 6.45) is 0. The van der Waals surface area contributed by atoms with Crippen molar-refractivity contribution < 1.29 is 19.1 Å². The maximum atomic E-state index is 13.8. The van der Waals surface area contributed by atoms with Gasteiger partial charge in [-0.05, 0) is 0 Å². The standard InChI is InChI=1S/C27H27Cl3NO4PSi/c1-18-16-19(2)23(20(3)17-18)31-36(21-12-8-6-9-13-21,22-14-10-7-11-15-22)24(26(32)34-4)25(27(33)35-5)37(31,28,29)30/h6-17H,1-5H3. The van der Waals surface area contributed by atoms with E-state index in [4.69, 9.17) is 42.7 Å². The van der Waals surface area contributed by atoms with Crippen molar-refractivity contribution in [2.75, 3.05) is 18.6 Å². The van der Waals surface area contributed by atoms with Gasteiger partial charge in [0.25, 0.3) is 0 Å². The molecule has 0 radical (unpaired) electrons. The van der Waals surface area contributed by atoms with E-state index in [0.717, 1.165) is 27.3 Å². The van der Waals surface area contributed by atoms with Crippen LogP contribution in [-0.4, -0.2) is 31.6 Å². The predicted molar refractivity (Wildman–Crippen MR) is 157 cm³/mol. The molecule has 0 saturated heterocycles. The van der Waals surface area contributed by atoms with Gasteiger partial charge in [-0.3, -0.25) is 0 Å². The molecule has 1 heterocycles. The van der Waals surface area contributed by atoms with Crippen molar-refractivity contribution in [1.82, 2.24) is 0 Å².